The van der Waals surface area contributed by atoms with Gasteiger partial charge in [0.1, 0.15) is 0 Å². The number of pyridine rings is 1. The van der Waals surface area contributed by atoms with Gasteiger partial charge in [-0.15, -0.1) is 0 Å². The van der Waals surface area contributed by atoms with E-state index in [1.54, 1.807) is 24.4 Å². The van der Waals surface area contributed by atoms with Crippen LogP contribution in [-0.4, -0.2) is 15.9 Å². The third-order valence-electron chi connectivity index (χ3n) is 1.84. The summed E-state index contributed by atoms with van der Waals surface area (Å²) in [5.41, 5.74) is 0. The Morgan fingerprint density at radius 2 is 2.33 bits per heavy atom. The molecule has 0 saturated heterocycles. The lowest BCUT2D eigenvalue weighted by Crippen LogP contribution is -2.35. The molecule has 0 spiro atoms. The van der Waals surface area contributed by atoms with E-state index in [-0.39, 0.29) is 18.0 Å². The normalized spacial score (nSPS) is 15.3. The van der Waals surface area contributed by atoms with Gasteiger partial charge in [0.25, 0.3) is 0 Å². The van der Waals surface area contributed by atoms with Gasteiger partial charge in [-0.25, -0.2) is 0 Å². The SMILES string of the molecule is O=C1CC=c2ncccc2=C1O. The number of nitrogens with zero attached hydrogens (tertiary/aromatic N) is 1. The molecule has 3 heteroatoms. The molecule has 1 aromatic rings. The van der Waals surface area contributed by atoms with Crippen LogP contribution in [0.25, 0.3) is 11.8 Å². The van der Waals surface area contributed by atoms with Gasteiger partial charge in [0, 0.05) is 17.8 Å². The summed E-state index contributed by atoms with van der Waals surface area (Å²) in [6.45, 7) is 0. The molecule has 3 nitrogen and oxygen atoms in total. The average Bonchev–Trinajstić information content (AvgIpc) is 2.12. The molecule has 0 unspecified atom stereocenters. The summed E-state index contributed by atoms with van der Waals surface area (Å²) in [5, 5.41) is 10.6. The second kappa shape index (κ2) is 2.44. The molecule has 0 fully saturated rings. The minimum atomic E-state index is -0.240. The Morgan fingerprint density at radius 1 is 1.50 bits per heavy atom. The first-order chi connectivity index (χ1) is 5.79. The highest BCUT2D eigenvalue weighted by atomic mass is 16.3. The molecular formula is C9H7NO2. The summed E-state index contributed by atoms with van der Waals surface area (Å²) < 4.78 is 0. The van der Waals surface area contributed by atoms with Gasteiger partial charge in [-0.1, -0.05) is 6.08 Å². The molecule has 0 atom stereocenters. The molecule has 0 radical (unpaired) electrons. The predicted molar refractivity (Wildman–Crippen MR) is 43.6 cm³/mol. The number of ketones is 1. The van der Waals surface area contributed by atoms with E-state index in [2.05, 4.69) is 4.98 Å². The first-order valence-corrected chi connectivity index (χ1v) is 3.67. The fourth-order valence-electron chi connectivity index (χ4n) is 1.22. The second-order valence-electron chi connectivity index (χ2n) is 2.62. The Balaban J connectivity index is 2.92. The van der Waals surface area contributed by atoms with E-state index in [0.717, 1.165) is 0 Å². The van der Waals surface area contributed by atoms with Crippen LogP contribution in [0.15, 0.2) is 18.3 Å². The maximum absolute atomic E-state index is 11.0. The topological polar surface area (TPSA) is 50.2 Å². The molecule has 1 N–H and O–H groups in total. The maximum Gasteiger partial charge on any atom is 0.201 e. The number of carbonyl (C=O) groups excluding carboxylic acids is 1. The Morgan fingerprint density at radius 3 is 3.17 bits per heavy atom. The van der Waals surface area contributed by atoms with Gasteiger partial charge in [-0.3, -0.25) is 9.78 Å². The molecule has 60 valence electrons. The van der Waals surface area contributed by atoms with Crippen LogP contribution in [0.1, 0.15) is 6.42 Å². The Bertz CT molecular complexity index is 448. The highest BCUT2D eigenvalue weighted by Crippen LogP contribution is 1.97. The summed E-state index contributed by atoms with van der Waals surface area (Å²) in [6, 6.07) is 3.38. The number of rotatable bonds is 0. The number of hydrogen-bond acceptors (Lipinski definition) is 3. The zero-order valence-corrected chi connectivity index (χ0v) is 6.32. The molecule has 0 amide bonds. The summed E-state index contributed by atoms with van der Waals surface area (Å²) in [7, 11) is 0. The van der Waals surface area contributed by atoms with E-state index in [9.17, 15) is 9.90 Å². The van der Waals surface area contributed by atoms with E-state index >= 15 is 0 Å². The largest absolute Gasteiger partial charge is 0.504 e. The fourth-order valence-corrected chi connectivity index (χ4v) is 1.22. The number of aromatic nitrogens is 1. The van der Waals surface area contributed by atoms with Crippen molar-refractivity contribution >= 4 is 17.6 Å². The lowest BCUT2D eigenvalue weighted by molar-refractivity contribution is -0.114. The molecule has 2 rings (SSSR count). The zero-order valence-electron chi connectivity index (χ0n) is 6.32. The van der Waals surface area contributed by atoms with Crippen LogP contribution < -0.4 is 10.6 Å². The average molecular weight is 161 g/mol. The Kier molecular flexibility index (Phi) is 1.43. The third kappa shape index (κ3) is 0.906. The van der Waals surface area contributed by atoms with Crippen molar-refractivity contribution in [3.8, 4) is 0 Å². The van der Waals surface area contributed by atoms with Crippen molar-refractivity contribution in [2.45, 2.75) is 6.42 Å². The minimum Gasteiger partial charge on any atom is -0.504 e. The van der Waals surface area contributed by atoms with E-state index < -0.39 is 0 Å². The van der Waals surface area contributed by atoms with Crippen molar-refractivity contribution in [1.29, 1.82) is 0 Å². The van der Waals surface area contributed by atoms with Gasteiger partial charge < -0.3 is 5.11 Å². The molecule has 0 aliphatic heterocycles. The van der Waals surface area contributed by atoms with Crippen LogP contribution in [0.3, 0.4) is 0 Å². The maximum atomic E-state index is 11.0. The third-order valence-corrected chi connectivity index (χ3v) is 1.84. The van der Waals surface area contributed by atoms with Crippen LogP contribution in [-0.2, 0) is 4.79 Å². The van der Waals surface area contributed by atoms with E-state index in [1.807, 2.05) is 0 Å². The van der Waals surface area contributed by atoms with Crippen LogP contribution in [0, 0.1) is 0 Å². The number of hydrogen-bond donors (Lipinski definition) is 1. The lowest BCUT2D eigenvalue weighted by Gasteiger charge is -2.01. The van der Waals surface area contributed by atoms with Crippen molar-refractivity contribution in [1.82, 2.24) is 4.98 Å². The smallest absolute Gasteiger partial charge is 0.201 e. The van der Waals surface area contributed by atoms with Crippen LogP contribution in [0.4, 0.5) is 0 Å². The van der Waals surface area contributed by atoms with Gasteiger partial charge in [0.15, 0.2) is 5.76 Å². The molecule has 12 heavy (non-hydrogen) atoms. The Hall–Kier alpha value is -1.64. The van der Waals surface area contributed by atoms with Crippen molar-refractivity contribution in [3.63, 3.8) is 0 Å². The first-order valence-electron chi connectivity index (χ1n) is 3.67. The van der Waals surface area contributed by atoms with Gasteiger partial charge in [0.2, 0.25) is 5.78 Å². The van der Waals surface area contributed by atoms with Gasteiger partial charge >= 0.3 is 0 Å². The fraction of sp³-hybridized carbons (Fsp3) is 0.111. The van der Waals surface area contributed by atoms with Crippen LogP contribution in [0.5, 0.6) is 0 Å². The van der Waals surface area contributed by atoms with Crippen molar-refractivity contribution < 1.29 is 9.90 Å². The monoisotopic (exact) mass is 161 g/mol. The predicted octanol–water partition coefficient (Wildman–Crippen LogP) is -0.499. The molecule has 1 heterocycles. The van der Waals surface area contributed by atoms with Gasteiger partial charge in [0.05, 0.1) is 5.35 Å². The number of aliphatic hydroxyl groups excluding tert-OH is 1. The molecule has 1 aromatic heterocycles. The highest BCUT2D eigenvalue weighted by molar-refractivity contribution is 6.14. The molecule has 1 aliphatic carbocycles. The number of carbonyl (C=O) groups is 1. The second-order valence-corrected chi connectivity index (χ2v) is 2.62. The standard InChI is InChI=1S/C9H7NO2/c11-8-4-3-7-6(9(8)12)2-1-5-10-7/h1-3,5,12H,4H2. The summed E-state index contributed by atoms with van der Waals surface area (Å²) in [5.74, 6) is -0.406. The summed E-state index contributed by atoms with van der Waals surface area (Å²) >= 11 is 0. The number of fused-ring (bicyclic) bond motifs is 1. The van der Waals surface area contributed by atoms with Crippen molar-refractivity contribution in [3.05, 3.63) is 28.9 Å². The molecule has 0 aromatic carbocycles. The van der Waals surface area contributed by atoms with E-state index in [4.69, 9.17) is 0 Å². The lowest BCUT2D eigenvalue weighted by atomic mass is 10.1. The molecule has 1 aliphatic rings. The van der Waals surface area contributed by atoms with Crippen LogP contribution >= 0.6 is 0 Å². The summed E-state index contributed by atoms with van der Waals surface area (Å²) in [4.78, 5) is 15.0. The number of Topliss-reactive ketones (excluding diaryl/α,β-unsaturated/α-hetero) is 1. The van der Waals surface area contributed by atoms with Crippen LogP contribution in [0.2, 0.25) is 0 Å². The number of aliphatic hydroxyl groups is 1. The van der Waals surface area contributed by atoms with E-state index in [0.29, 0.717) is 10.6 Å². The van der Waals surface area contributed by atoms with E-state index in [1.165, 1.54) is 0 Å². The highest BCUT2D eigenvalue weighted by Gasteiger charge is 2.11. The quantitative estimate of drug-likeness (QED) is 0.558. The zero-order chi connectivity index (χ0) is 8.55. The van der Waals surface area contributed by atoms with Crippen molar-refractivity contribution in [2.24, 2.45) is 0 Å². The first kappa shape index (κ1) is 7.03. The summed E-state index contributed by atoms with van der Waals surface area (Å²) in [6.07, 6.45) is 3.60. The van der Waals surface area contributed by atoms with Gasteiger partial charge in [-0.2, -0.15) is 0 Å². The Labute approximate surface area is 68.7 Å². The molecule has 0 bridgehead atoms. The minimum absolute atomic E-state index is 0.166. The molecule has 0 saturated carbocycles. The molecular weight excluding hydrogens is 154 g/mol. The van der Waals surface area contributed by atoms with Gasteiger partial charge in [-0.05, 0) is 12.1 Å². The van der Waals surface area contributed by atoms with Crippen molar-refractivity contribution in [2.75, 3.05) is 0 Å².